The van der Waals surface area contributed by atoms with Gasteiger partial charge >= 0.3 is 6.18 Å². The van der Waals surface area contributed by atoms with Crippen LogP contribution >= 0.6 is 0 Å². The number of amides is 2. The summed E-state index contributed by atoms with van der Waals surface area (Å²) in [4.78, 5) is 31.2. The summed E-state index contributed by atoms with van der Waals surface area (Å²) in [6, 6.07) is 12.7. The molecule has 4 rings (SSSR count). The van der Waals surface area contributed by atoms with Gasteiger partial charge in [-0.3, -0.25) is 14.6 Å². The number of nitrogens with zero attached hydrogens (tertiary/aromatic N) is 3. The van der Waals surface area contributed by atoms with E-state index in [0.29, 0.717) is 4.90 Å². The molecule has 34 heavy (non-hydrogen) atoms. The third-order valence-electron chi connectivity index (χ3n) is 5.45. The minimum Gasteiger partial charge on any atom is -0.325 e. The van der Waals surface area contributed by atoms with Gasteiger partial charge in [-0.15, -0.1) is 0 Å². The van der Waals surface area contributed by atoms with Gasteiger partial charge in [-0.05, 0) is 41.5 Å². The van der Waals surface area contributed by atoms with Crippen LogP contribution in [0.1, 0.15) is 39.0 Å². The molecule has 1 aliphatic rings. The first-order valence-electron chi connectivity index (χ1n) is 10.1. The van der Waals surface area contributed by atoms with E-state index in [1.54, 1.807) is 12.1 Å². The second-order valence-electron chi connectivity index (χ2n) is 7.64. The number of benzene rings is 2. The summed E-state index contributed by atoms with van der Waals surface area (Å²) in [5, 5.41) is 11.6. The lowest BCUT2D eigenvalue weighted by Crippen LogP contribution is -2.49. The van der Waals surface area contributed by atoms with E-state index in [-0.39, 0.29) is 27.9 Å². The van der Waals surface area contributed by atoms with E-state index in [0.717, 1.165) is 12.1 Å². The first kappa shape index (κ1) is 22.9. The van der Waals surface area contributed by atoms with Gasteiger partial charge in [-0.2, -0.15) is 18.4 Å². The molecule has 1 N–H and O–H groups in total. The Morgan fingerprint density at radius 3 is 2.59 bits per heavy atom. The number of nitriles is 1. The van der Waals surface area contributed by atoms with Crippen LogP contribution in [0.3, 0.4) is 0 Å². The van der Waals surface area contributed by atoms with Crippen molar-refractivity contribution in [1.82, 2.24) is 9.88 Å². The third kappa shape index (κ3) is 4.45. The molecule has 3 aromatic rings. The fourth-order valence-electron chi connectivity index (χ4n) is 4.07. The summed E-state index contributed by atoms with van der Waals surface area (Å²) in [6.07, 6.45) is -1.99. The maximum Gasteiger partial charge on any atom is 0.406 e. The molecular formula is C24H16F4N4O2. The lowest BCUT2D eigenvalue weighted by Gasteiger charge is -2.41. The Hall–Kier alpha value is -4.26. The van der Waals surface area contributed by atoms with Crippen LogP contribution in [0.25, 0.3) is 0 Å². The molecule has 1 aliphatic heterocycles. The van der Waals surface area contributed by atoms with Crippen LogP contribution in [0.15, 0.2) is 67.0 Å². The number of anilines is 1. The number of hydrogen-bond acceptors (Lipinski definition) is 4. The number of halogens is 4. The van der Waals surface area contributed by atoms with Crippen molar-refractivity contribution in [3.8, 4) is 6.07 Å². The maximum absolute atomic E-state index is 13.7. The fourth-order valence-corrected chi connectivity index (χ4v) is 4.07. The zero-order valence-corrected chi connectivity index (χ0v) is 17.4. The standard InChI is InChI=1S/C24H16F4N4O2/c25-19-8-7-16(10-15(19)11-29)31-22(33)20-17-5-1-2-6-18(17)23(34)32(13-24(26,27)28)21(20)14-4-3-9-30-12-14/h1-10,12,20-21H,13H2,(H,31,33). The number of nitrogens with one attached hydrogen (secondary N) is 1. The Kier molecular flexibility index (Phi) is 6.03. The third-order valence-corrected chi connectivity index (χ3v) is 5.45. The highest BCUT2D eigenvalue weighted by molar-refractivity contribution is 6.04. The average molecular weight is 468 g/mol. The molecule has 10 heteroatoms. The molecule has 172 valence electrons. The molecule has 0 spiro atoms. The van der Waals surface area contributed by atoms with Crippen molar-refractivity contribution in [1.29, 1.82) is 5.26 Å². The molecule has 1 aromatic heterocycles. The second kappa shape index (κ2) is 8.94. The Bertz CT molecular complexity index is 1290. The van der Waals surface area contributed by atoms with Crippen molar-refractivity contribution >= 4 is 17.5 Å². The van der Waals surface area contributed by atoms with Gasteiger partial charge in [0.2, 0.25) is 5.91 Å². The van der Waals surface area contributed by atoms with Crippen LogP contribution in [0, 0.1) is 17.1 Å². The summed E-state index contributed by atoms with van der Waals surface area (Å²) in [7, 11) is 0. The number of pyridine rings is 1. The quantitative estimate of drug-likeness (QED) is 0.569. The van der Waals surface area contributed by atoms with Gasteiger partial charge in [-0.25, -0.2) is 4.39 Å². The highest BCUT2D eigenvalue weighted by Crippen LogP contribution is 2.44. The number of aromatic nitrogens is 1. The molecule has 2 aromatic carbocycles. The van der Waals surface area contributed by atoms with Gasteiger partial charge in [0.1, 0.15) is 18.4 Å². The van der Waals surface area contributed by atoms with Crippen molar-refractivity contribution in [2.24, 2.45) is 0 Å². The van der Waals surface area contributed by atoms with Crippen LogP contribution in [-0.4, -0.2) is 34.4 Å². The van der Waals surface area contributed by atoms with Crippen LogP contribution in [0.4, 0.5) is 23.2 Å². The maximum atomic E-state index is 13.7. The average Bonchev–Trinajstić information content (AvgIpc) is 2.81. The van der Waals surface area contributed by atoms with Crippen molar-refractivity contribution < 1.29 is 27.2 Å². The minimum absolute atomic E-state index is 0.0242. The normalized spacial score (nSPS) is 17.6. The number of carbonyl (C=O) groups excluding carboxylic acids is 2. The summed E-state index contributed by atoms with van der Waals surface area (Å²) in [5.41, 5.74) is 0.250. The topological polar surface area (TPSA) is 86.1 Å². The molecule has 2 unspecified atom stereocenters. The van der Waals surface area contributed by atoms with Gasteiger partial charge < -0.3 is 10.2 Å². The highest BCUT2D eigenvalue weighted by Gasteiger charge is 2.47. The van der Waals surface area contributed by atoms with Crippen molar-refractivity contribution in [3.63, 3.8) is 0 Å². The highest BCUT2D eigenvalue weighted by atomic mass is 19.4. The zero-order chi connectivity index (χ0) is 24.5. The fraction of sp³-hybridized carbons (Fsp3) is 0.167. The molecule has 6 nitrogen and oxygen atoms in total. The van der Waals surface area contributed by atoms with Gasteiger partial charge in [0, 0.05) is 23.6 Å². The Morgan fingerprint density at radius 2 is 1.91 bits per heavy atom. The van der Waals surface area contributed by atoms with Crippen LogP contribution in [-0.2, 0) is 4.79 Å². The van der Waals surface area contributed by atoms with Crippen molar-refractivity contribution in [3.05, 3.63) is 95.1 Å². The van der Waals surface area contributed by atoms with E-state index in [9.17, 15) is 27.2 Å². The van der Waals surface area contributed by atoms with Gasteiger partial charge in [-0.1, -0.05) is 24.3 Å². The van der Waals surface area contributed by atoms with E-state index >= 15 is 0 Å². The summed E-state index contributed by atoms with van der Waals surface area (Å²) < 4.78 is 54.2. The molecule has 2 heterocycles. The Morgan fingerprint density at radius 1 is 1.15 bits per heavy atom. The Balaban J connectivity index is 1.84. The molecule has 0 fully saturated rings. The van der Waals surface area contributed by atoms with E-state index < -0.39 is 42.3 Å². The molecule has 0 radical (unpaired) electrons. The van der Waals surface area contributed by atoms with Crippen molar-refractivity contribution in [2.45, 2.75) is 18.1 Å². The van der Waals surface area contributed by atoms with Crippen LogP contribution < -0.4 is 5.32 Å². The molecular weight excluding hydrogens is 452 g/mol. The minimum atomic E-state index is -4.72. The lowest BCUT2D eigenvalue weighted by atomic mass is 9.79. The number of hydrogen-bond donors (Lipinski definition) is 1. The molecule has 0 saturated carbocycles. The van der Waals surface area contributed by atoms with Gasteiger partial charge in [0.05, 0.1) is 17.5 Å². The van der Waals surface area contributed by atoms with E-state index in [1.807, 2.05) is 0 Å². The predicted molar refractivity (Wildman–Crippen MR) is 113 cm³/mol. The van der Waals surface area contributed by atoms with Crippen LogP contribution in [0.5, 0.6) is 0 Å². The van der Waals surface area contributed by atoms with Gasteiger partial charge in [0.15, 0.2) is 0 Å². The first-order chi connectivity index (χ1) is 16.2. The van der Waals surface area contributed by atoms with Crippen LogP contribution in [0.2, 0.25) is 0 Å². The number of alkyl halides is 3. The van der Waals surface area contributed by atoms with Gasteiger partial charge in [0.25, 0.3) is 5.91 Å². The monoisotopic (exact) mass is 468 g/mol. The lowest BCUT2D eigenvalue weighted by molar-refractivity contribution is -0.148. The summed E-state index contributed by atoms with van der Waals surface area (Å²) >= 11 is 0. The number of fused-ring (bicyclic) bond motifs is 1. The van der Waals surface area contributed by atoms with E-state index in [2.05, 4.69) is 10.3 Å². The molecule has 2 amide bonds. The molecule has 2 atom stereocenters. The molecule has 0 bridgehead atoms. The van der Waals surface area contributed by atoms with E-state index in [1.165, 1.54) is 48.8 Å². The molecule has 0 aliphatic carbocycles. The second-order valence-corrected chi connectivity index (χ2v) is 7.64. The predicted octanol–water partition coefficient (Wildman–Crippen LogP) is 4.57. The number of carbonyl (C=O) groups is 2. The summed E-state index contributed by atoms with van der Waals surface area (Å²) in [6.45, 7) is -1.57. The molecule has 0 saturated heterocycles. The zero-order valence-electron chi connectivity index (χ0n) is 17.4. The SMILES string of the molecule is N#Cc1cc(NC(=O)C2c3ccccc3C(=O)N(CC(F)(F)F)C2c2cccnc2)ccc1F. The largest absolute Gasteiger partial charge is 0.406 e. The summed E-state index contributed by atoms with van der Waals surface area (Å²) in [5.74, 6) is -3.61. The van der Waals surface area contributed by atoms with Crippen molar-refractivity contribution in [2.75, 3.05) is 11.9 Å². The number of rotatable bonds is 4. The first-order valence-corrected chi connectivity index (χ1v) is 10.1. The Labute approximate surface area is 191 Å². The smallest absolute Gasteiger partial charge is 0.325 e. The van der Waals surface area contributed by atoms with E-state index in [4.69, 9.17) is 5.26 Å².